The van der Waals surface area contributed by atoms with Crippen molar-refractivity contribution in [2.24, 2.45) is 0 Å². The van der Waals surface area contributed by atoms with Gasteiger partial charge in [0, 0.05) is 25.5 Å². The Balaban J connectivity index is 1.81. The molecule has 0 radical (unpaired) electrons. The van der Waals surface area contributed by atoms with Crippen LogP contribution in [0.2, 0.25) is 10.0 Å². The second kappa shape index (κ2) is 6.26. The molecule has 1 atom stereocenters. The summed E-state index contributed by atoms with van der Waals surface area (Å²) in [4.78, 5) is 18.3. The van der Waals surface area contributed by atoms with Crippen LogP contribution in [0.3, 0.4) is 0 Å². The summed E-state index contributed by atoms with van der Waals surface area (Å²) in [7, 11) is 0. The average Bonchev–Trinajstić information content (AvgIpc) is 3.05. The molecule has 0 saturated carbocycles. The Kier molecular flexibility index (Phi) is 4.36. The van der Waals surface area contributed by atoms with Gasteiger partial charge in [-0.05, 0) is 25.0 Å². The molecule has 3 rings (SSSR count). The molecule has 116 valence electrons. The standard InChI is InChI=1S/C15H14Cl2FN3O/c16-12-7-13(17)14(18)6-11(12)15(22)20-4-1-2-10(8-20)21-5-3-19-9-21/h3,5-7,9-10H,1-2,4,8H2. The first-order valence-corrected chi connectivity index (χ1v) is 7.73. The van der Waals surface area contributed by atoms with Crippen molar-refractivity contribution in [2.75, 3.05) is 13.1 Å². The first kappa shape index (κ1) is 15.3. The summed E-state index contributed by atoms with van der Waals surface area (Å²) in [6, 6.07) is 2.55. The number of aromatic nitrogens is 2. The van der Waals surface area contributed by atoms with Gasteiger partial charge in [0.2, 0.25) is 0 Å². The highest BCUT2D eigenvalue weighted by Crippen LogP contribution is 2.28. The van der Waals surface area contributed by atoms with E-state index in [0.29, 0.717) is 13.1 Å². The number of hydrogen-bond acceptors (Lipinski definition) is 2. The van der Waals surface area contributed by atoms with Gasteiger partial charge in [-0.25, -0.2) is 9.37 Å². The smallest absolute Gasteiger partial charge is 0.255 e. The summed E-state index contributed by atoms with van der Waals surface area (Å²) < 4.78 is 15.6. The Hall–Kier alpha value is -1.59. The zero-order valence-corrected chi connectivity index (χ0v) is 13.2. The third-order valence-corrected chi connectivity index (χ3v) is 4.47. The molecule has 0 bridgehead atoms. The normalized spacial score (nSPS) is 18.5. The van der Waals surface area contributed by atoms with Crippen molar-refractivity contribution in [1.82, 2.24) is 14.5 Å². The number of amides is 1. The highest BCUT2D eigenvalue weighted by molar-refractivity contribution is 6.36. The molecular weight excluding hydrogens is 328 g/mol. The van der Waals surface area contributed by atoms with E-state index < -0.39 is 5.82 Å². The van der Waals surface area contributed by atoms with Crippen molar-refractivity contribution >= 4 is 29.1 Å². The molecule has 0 N–H and O–H groups in total. The molecule has 1 amide bonds. The molecule has 2 aromatic rings. The Labute approximate surface area is 137 Å². The molecule has 1 unspecified atom stereocenters. The number of imidazole rings is 1. The van der Waals surface area contributed by atoms with Crippen molar-refractivity contribution in [3.63, 3.8) is 0 Å². The van der Waals surface area contributed by atoms with E-state index in [1.165, 1.54) is 6.07 Å². The van der Waals surface area contributed by atoms with Gasteiger partial charge in [-0.1, -0.05) is 23.2 Å². The van der Waals surface area contributed by atoms with Crippen molar-refractivity contribution in [1.29, 1.82) is 0 Å². The first-order chi connectivity index (χ1) is 10.6. The van der Waals surface area contributed by atoms with Crippen molar-refractivity contribution < 1.29 is 9.18 Å². The number of piperidine rings is 1. The van der Waals surface area contributed by atoms with Crippen LogP contribution in [0.15, 0.2) is 30.9 Å². The lowest BCUT2D eigenvalue weighted by molar-refractivity contribution is 0.0679. The van der Waals surface area contributed by atoms with E-state index in [1.807, 2.05) is 10.8 Å². The minimum absolute atomic E-state index is 0.0866. The minimum atomic E-state index is -0.641. The average molecular weight is 342 g/mol. The van der Waals surface area contributed by atoms with Crippen LogP contribution in [0.1, 0.15) is 29.2 Å². The summed E-state index contributed by atoms with van der Waals surface area (Å²) >= 11 is 11.7. The summed E-state index contributed by atoms with van der Waals surface area (Å²) in [6.45, 7) is 1.18. The lowest BCUT2D eigenvalue weighted by atomic mass is 10.0. The van der Waals surface area contributed by atoms with Crippen molar-refractivity contribution in [2.45, 2.75) is 18.9 Å². The van der Waals surface area contributed by atoms with Crippen LogP contribution in [-0.2, 0) is 0 Å². The molecule has 0 spiro atoms. The second-order valence-corrected chi connectivity index (χ2v) is 6.12. The van der Waals surface area contributed by atoms with Gasteiger partial charge in [0.1, 0.15) is 5.82 Å². The van der Waals surface area contributed by atoms with E-state index >= 15 is 0 Å². The number of carbonyl (C=O) groups excluding carboxylic acids is 1. The number of likely N-dealkylation sites (tertiary alicyclic amines) is 1. The largest absolute Gasteiger partial charge is 0.337 e. The number of hydrogen-bond donors (Lipinski definition) is 0. The number of rotatable bonds is 2. The Bertz CT molecular complexity index is 690. The van der Waals surface area contributed by atoms with Crippen LogP contribution in [-0.4, -0.2) is 33.4 Å². The lowest BCUT2D eigenvalue weighted by Gasteiger charge is -2.33. The van der Waals surface area contributed by atoms with Crippen LogP contribution in [0.5, 0.6) is 0 Å². The number of carbonyl (C=O) groups is 1. The van der Waals surface area contributed by atoms with E-state index in [2.05, 4.69) is 4.98 Å². The van der Waals surface area contributed by atoms with Crippen LogP contribution >= 0.6 is 23.2 Å². The Morgan fingerprint density at radius 1 is 1.32 bits per heavy atom. The quantitative estimate of drug-likeness (QED) is 0.779. The predicted octanol–water partition coefficient (Wildman–Crippen LogP) is 3.81. The maximum atomic E-state index is 13.6. The molecule has 1 saturated heterocycles. The monoisotopic (exact) mass is 341 g/mol. The van der Waals surface area contributed by atoms with Gasteiger partial charge >= 0.3 is 0 Å². The van der Waals surface area contributed by atoms with Gasteiger partial charge in [0.05, 0.1) is 28.0 Å². The van der Waals surface area contributed by atoms with Crippen molar-refractivity contribution in [3.05, 3.63) is 52.3 Å². The van der Waals surface area contributed by atoms with E-state index in [1.54, 1.807) is 17.4 Å². The molecule has 1 fully saturated rings. The molecule has 1 aromatic carbocycles. The number of halogens is 3. The molecule has 22 heavy (non-hydrogen) atoms. The highest BCUT2D eigenvalue weighted by Gasteiger charge is 2.27. The van der Waals surface area contributed by atoms with Crippen LogP contribution in [0.4, 0.5) is 4.39 Å². The molecule has 2 heterocycles. The fourth-order valence-corrected chi connectivity index (χ4v) is 3.19. The van der Waals surface area contributed by atoms with Gasteiger partial charge in [0.25, 0.3) is 5.91 Å². The van der Waals surface area contributed by atoms with E-state index in [0.717, 1.165) is 18.9 Å². The minimum Gasteiger partial charge on any atom is -0.337 e. The molecule has 7 heteroatoms. The second-order valence-electron chi connectivity index (χ2n) is 5.30. The van der Waals surface area contributed by atoms with E-state index in [-0.39, 0.29) is 27.6 Å². The zero-order chi connectivity index (χ0) is 15.7. The van der Waals surface area contributed by atoms with Gasteiger partial charge in [-0.3, -0.25) is 4.79 Å². The maximum Gasteiger partial charge on any atom is 0.255 e. The summed E-state index contributed by atoms with van der Waals surface area (Å²) in [6.07, 6.45) is 7.19. The summed E-state index contributed by atoms with van der Waals surface area (Å²) in [5, 5.41) is 0.0811. The number of nitrogens with zero attached hydrogens (tertiary/aromatic N) is 3. The predicted molar refractivity (Wildman–Crippen MR) is 82.8 cm³/mol. The SMILES string of the molecule is O=C(c1cc(F)c(Cl)cc1Cl)N1CCCC(n2ccnc2)C1. The van der Waals surface area contributed by atoms with Crippen LogP contribution in [0, 0.1) is 5.82 Å². The zero-order valence-electron chi connectivity index (χ0n) is 11.7. The molecule has 4 nitrogen and oxygen atoms in total. The maximum absolute atomic E-state index is 13.6. The van der Waals surface area contributed by atoms with Gasteiger partial charge < -0.3 is 9.47 Å². The van der Waals surface area contributed by atoms with Crippen molar-refractivity contribution in [3.8, 4) is 0 Å². The van der Waals surface area contributed by atoms with Gasteiger partial charge in [0.15, 0.2) is 0 Å². The summed E-state index contributed by atoms with van der Waals surface area (Å²) in [5.41, 5.74) is 0.148. The Morgan fingerprint density at radius 3 is 2.86 bits per heavy atom. The summed E-state index contributed by atoms with van der Waals surface area (Å²) in [5.74, 6) is -0.914. The molecule has 1 aliphatic rings. The number of benzene rings is 1. The van der Waals surface area contributed by atoms with E-state index in [4.69, 9.17) is 23.2 Å². The van der Waals surface area contributed by atoms with Gasteiger partial charge in [-0.2, -0.15) is 0 Å². The topological polar surface area (TPSA) is 38.1 Å². The first-order valence-electron chi connectivity index (χ1n) is 6.97. The molecule has 0 aliphatic carbocycles. The molecule has 1 aliphatic heterocycles. The lowest BCUT2D eigenvalue weighted by Crippen LogP contribution is -2.40. The fraction of sp³-hybridized carbons (Fsp3) is 0.333. The van der Waals surface area contributed by atoms with Gasteiger partial charge in [-0.15, -0.1) is 0 Å². The van der Waals surface area contributed by atoms with E-state index in [9.17, 15) is 9.18 Å². The third-order valence-electron chi connectivity index (χ3n) is 3.87. The van der Waals surface area contributed by atoms with Crippen LogP contribution in [0.25, 0.3) is 0 Å². The fourth-order valence-electron chi connectivity index (χ4n) is 2.72. The third kappa shape index (κ3) is 2.96. The highest BCUT2D eigenvalue weighted by atomic mass is 35.5. The van der Waals surface area contributed by atoms with Crippen LogP contribution < -0.4 is 0 Å². The molecule has 1 aromatic heterocycles. The molecular formula is C15H14Cl2FN3O. The Morgan fingerprint density at radius 2 is 2.14 bits per heavy atom.